The van der Waals surface area contributed by atoms with Gasteiger partial charge >= 0.3 is 0 Å². The van der Waals surface area contributed by atoms with Gasteiger partial charge in [0.2, 0.25) is 0 Å². The molecule has 0 aliphatic carbocycles. The first-order valence-electron chi connectivity index (χ1n) is 8.50. The average Bonchev–Trinajstić information content (AvgIpc) is 3.11. The van der Waals surface area contributed by atoms with Gasteiger partial charge in [0.25, 0.3) is 5.91 Å². The monoisotopic (exact) mass is 351 g/mol. The number of aromatic nitrogens is 3. The molecule has 6 nitrogen and oxygen atoms in total. The van der Waals surface area contributed by atoms with E-state index in [-0.39, 0.29) is 17.8 Å². The van der Waals surface area contributed by atoms with Gasteiger partial charge in [-0.25, -0.2) is 4.39 Å². The molecule has 0 saturated carbocycles. The van der Waals surface area contributed by atoms with E-state index in [9.17, 15) is 9.18 Å². The molecule has 1 amide bonds. The first-order valence-corrected chi connectivity index (χ1v) is 8.50. The number of nitrogens with two attached hydrogens (primary N) is 1. The highest BCUT2D eigenvalue weighted by molar-refractivity contribution is 5.99. The van der Waals surface area contributed by atoms with Gasteiger partial charge in [0.1, 0.15) is 11.6 Å². The summed E-state index contributed by atoms with van der Waals surface area (Å²) in [5, 5.41) is 8.78. The lowest BCUT2D eigenvalue weighted by Gasteiger charge is -2.24. The predicted molar refractivity (Wildman–Crippen MR) is 95.9 cm³/mol. The third-order valence-corrected chi connectivity index (χ3v) is 4.76. The number of rotatable bonds is 2. The molecule has 3 heterocycles. The SMILES string of the molecule is Cc1nc2cc(F)ccc2cc1C(=O)N1CCCC1c1ccc(N)nn1. The summed E-state index contributed by atoms with van der Waals surface area (Å²) in [6.07, 6.45) is 1.73. The van der Waals surface area contributed by atoms with E-state index in [1.54, 1.807) is 30.0 Å². The second-order valence-electron chi connectivity index (χ2n) is 6.50. The molecule has 0 bridgehead atoms. The van der Waals surface area contributed by atoms with Crippen molar-refractivity contribution in [1.82, 2.24) is 20.1 Å². The van der Waals surface area contributed by atoms with Crippen LogP contribution in [0, 0.1) is 12.7 Å². The summed E-state index contributed by atoms with van der Waals surface area (Å²) < 4.78 is 13.4. The Balaban J connectivity index is 1.70. The van der Waals surface area contributed by atoms with Crippen molar-refractivity contribution >= 4 is 22.6 Å². The molecule has 1 aliphatic rings. The van der Waals surface area contributed by atoms with Crippen LogP contribution in [-0.2, 0) is 0 Å². The summed E-state index contributed by atoms with van der Waals surface area (Å²) in [5.74, 6) is -0.0845. The number of nitrogen functional groups attached to an aromatic ring is 1. The van der Waals surface area contributed by atoms with Crippen molar-refractivity contribution in [2.75, 3.05) is 12.3 Å². The molecule has 1 aliphatic heterocycles. The molecule has 1 saturated heterocycles. The van der Waals surface area contributed by atoms with Crippen molar-refractivity contribution in [3.63, 3.8) is 0 Å². The molecule has 1 atom stereocenters. The van der Waals surface area contributed by atoms with E-state index in [4.69, 9.17) is 5.73 Å². The zero-order chi connectivity index (χ0) is 18.3. The number of hydrogen-bond acceptors (Lipinski definition) is 5. The fourth-order valence-electron chi connectivity index (χ4n) is 3.46. The molecule has 1 unspecified atom stereocenters. The topological polar surface area (TPSA) is 85.0 Å². The Kier molecular flexibility index (Phi) is 3.99. The third-order valence-electron chi connectivity index (χ3n) is 4.76. The highest BCUT2D eigenvalue weighted by atomic mass is 19.1. The van der Waals surface area contributed by atoms with Gasteiger partial charge in [0.05, 0.1) is 28.5 Å². The van der Waals surface area contributed by atoms with Crippen molar-refractivity contribution < 1.29 is 9.18 Å². The zero-order valence-electron chi connectivity index (χ0n) is 14.3. The lowest BCUT2D eigenvalue weighted by Crippen LogP contribution is -2.31. The van der Waals surface area contributed by atoms with Crippen LogP contribution in [0.15, 0.2) is 36.4 Å². The van der Waals surface area contributed by atoms with Crippen LogP contribution >= 0.6 is 0 Å². The maximum Gasteiger partial charge on any atom is 0.256 e. The molecular weight excluding hydrogens is 333 g/mol. The highest BCUT2D eigenvalue weighted by Gasteiger charge is 2.32. The summed E-state index contributed by atoms with van der Waals surface area (Å²) in [6.45, 7) is 2.42. The first kappa shape index (κ1) is 16.4. The Morgan fingerprint density at radius 2 is 2.08 bits per heavy atom. The smallest absolute Gasteiger partial charge is 0.256 e. The number of anilines is 1. The van der Waals surface area contributed by atoms with Gasteiger partial charge in [-0.3, -0.25) is 9.78 Å². The molecule has 2 aromatic heterocycles. The highest BCUT2D eigenvalue weighted by Crippen LogP contribution is 2.32. The summed E-state index contributed by atoms with van der Waals surface area (Å²) >= 11 is 0. The molecule has 3 aromatic rings. The van der Waals surface area contributed by atoms with E-state index in [1.165, 1.54) is 12.1 Å². The van der Waals surface area contributed by atoms with Crippen molar-refractivity contribution in [2.45, 2.75) is 25.8 Å². The molecule has 132 valence electrons. The lowest BCUT2D eigenvalue weighted by atomic mass is 10.1. The van der Waals surface area contributed by atoms with E-state index >= 15 is 0 Å². The molecule has 0 spiro atoms. The predicted octanol–water partition coefficient (Wildman–Crippen LogP) is 3.03. The molecular formula is C19H18FN5O. The fraction of sp³-hybridized carbons (Fsp3) is 0.263. The van der Waals surface area contributed by atoms with Crippen LogP contribution in [0.3, 0.4) is 0 Å². The second kappa shape index (κ2) is 6.33. The molecule has 4 rings (SSSR count). The van der Waals surface area contributed by atoms with E-state index in [2.05, 4.69) is 15.2 Å². The molecule has 1 fully saturated rings. The van der Waals surface area contributed by atoms with Crippen LogP contribution in [0.25, 0.3) is 10.9 Å². The zero-order valence-corrected chi connectivity index (χ0v) is 14.3. The summed E-state index contributed by atoms with van der Waals surface area (Å²) in [7, 11) is 0. The molecule has 7 heteroatoms. The Labute approximate surface area is 149 Å². The normalized spacial score (nSPS) is 17.0. The number of carbonyl (C=O) groups excluding carboxylic acids is 1. The van der Waals surface area contributed by atoms with E-state index in [0.29, 0.717) is 29.1 Å². The Bertz CT molecular complexity index is 989. The first-order chi connectivity index (χ1) is 12.5. The number of pyridine rings is 1. The van der Waals surface area contributed by atoms with E-state index in [0.717, 1.165) is 23.9 Å². The minimum absolute atomic E-state index is 0.0950. The van der Waals surface area contributed by atoms with E-state index in [1.807, 2.05) is 6.07 Å². The summed E-state index contributed by atoms with van der Waals surface area (Å²) in [4.78, 5) is 19.4. The Morgan fingerprint density at radius 3 is 2.85 bits per heavy atom. The van der Waals surface area contributed by atoms with Crippen molar-refractivity contribution in [2.24, 2.45) is 0 Å². The maximum absolute atomic E-state index is 13.4. The standard InChI is InChI=1S/C19H18FN5O/c1-11-14(9-12-4-5-13(20)10-16(12)22-11)19(26)25-8-2-3-17(25)15-6-7-18(21)24-23-15/h4-7,9-10,17H,2-3,8H2,1H3,(H2,21,24). The van der Waals surface area contributed by atoms with Gasteiger partial charge in [-0.15, -0.1) is 5.10 Å². The van der Waals surface area contributed by atoms with Crippen LogP contribution in [0.4, 0.5) is 10.2 Å². The van der Waals surface area contributed by atoms with Gasteiger partial charge in [0.15, 0.2) is 0 Å². The van der Waals surface area contributed by atoms with Crippen LogP contribution < -0.4 is 5.73 Å². The number of amides is 1. The second-order valence-corrected chi connectivity index (χ2v) is 6.50. The number of benzene rings is 1. The third kappa shape index (κ3) is 2.85. The number of aryl methyl sites for hydroxylation is 1. The Morgan fingerprint density at radius 1 is 1.23 bits per heavy atom. The number of fused-ring (bicyclic) bond motifs is 1. The number of likely N-dealkylation sites (tertiary alicyclic amines) is 1. The van der Waals surface area contributed by atoms with Gasteiger partial charge in [-0.05, 0) is 50.1 Å². The summed E-state index contributed by atoms with van der Waals surface area (Å²) in [5.41, 5.74) is 8.00. The molecule has 2 N–H and O–H groups in total. The van der Waals surface area contributed by atoms with Crippen molar-refractivity contribution in [1.29, 1.82) is 0 Å². The fourth-order valence-corrected chi connectivity index (χ4v) is 3.46. The molecule has 1 aromatic carbocycles. The summed E-state index contributed by atoms with van der Waals surface area (Å²) in [6, 6.07) is 9.55. The lowest BCUT2D eigenvalue weighted by molar-refractivity contribution is 0.0731. The number of hydrogen-bond donors (Lipinski definition) is 1. The van der Waals surface area contributed by atoms with Gasteiger partial charge in [-0.1, -0.05) is 0 Å². The van der Waals surface area contributed by atoms with Crippen LogP contribution in [-0.4, -0.2) is 32.5 Å². The van der Waals surface area contributed by atoms with Gasteiger partial charge in [0, 0.05) is 18.0 Å². The molecule has 0 radical (unpaired) electrons. The molecule has 26 heavy (non-hydrogen) atoms. The number of halogens is 1. The minimum atomic E-state index is -0.343. The van der Waals surface area contributed by atoms with Gasteiger partial charge in [-0.2, -0.15) is 5.10 Å². The largest absolute Gasteiger partial charge is 0.382 e. The van der Waals surface area contributed by atoms with Crippen molar-refractivity contribution in [3.8, 4) is 0 Å². The van der Waals surface area contributed by atoms with Gasteiger partial charge < -0.3 is 10.6 Å². The van der Waals surface area contributed by atoms with Crippen LogP contribution in [0.5, 0.6) is 0 Å². The van der Waals surface area contributed by atoms with Crippen LogP contribution in [0.1, 0.15) is 40.6 Å². The quantitative estimate of drug-likeness (QED) is 0.767. The van der Waals surface area contributed by atoms with E-state index < -0.39 is 0 Å². The minimum Gasteiger partial charge on any atom is -0.382 e. The van der Waals surface area contributed by atoms with Crippen LogP contribution in [0.2, 0.25) is 0 Å². The van der Waals surface area contributed by atoms with Crippen molar-refractivity contribution in [3.05, 3.63) is 59.2 Å². The average molecular weight is 351 g/mol. The number of nitrogens with zero attached hydrogens (tertiary/aromatic N) is 4. The Hall–Kier alpha value is -3.09. The maximum atomic E-state index is 13.4. The number of carbonyl (C=O) groups is 1.